The predicted octanol–water partition coefficient (Wildman–Crippen LogP) is 2.33. The van der Waals surface area contributed by atoms with E-state index in [4.69, 9.17) is 4.42 Å². The molecule has 3 nitrogen and oxygen atoms in total. The van der Waals surface area contributed by atoms with Crippen molar-refractivity contribution in [3.05, 3.63) is 28.7 Å². The minimum atomic E-state index is -0.385. The molecule has 14 heavy (non-hydrogen) atoms. The molecule has 0 saturated carbocycles. The van der Waals surface area contributed by atoms with Gasteiger partial charge in [-0.1, -0.05) is 12.2 Å². The van der Waals surface area contributed by atoms with Crippen LogP contribution in [0, 0.1) is 6.92 Å². The molecule has 3 heteroatoms. The molecule has 0 fully saturated rings. The molecule has 2 rings (SSSR count). The van der Waals surface area contributed by atoms with Gasteiger partial charge in [0.1, 0.15) is 5.76 Å². The second-order valence-corrected chi connectivity index (χ2v) is 3.31. The number of hydrogen-bond acceptors (Lipinski definition) is 3. The Morgan fingerprint density at radius 1 is 1.57 bits per heavy atom. The second-order valence-electron chi connectivity index (χ2n) is 3.31. The predicted molar refractivity (Wildman–Crippen MR) is 52.1 cm³/mol. The Balaban J connectivity index is 2.53. The van der Waals surface area contributed by atoms with Crippen molar-refractivity contribution >= 4 is 12.0 Å². The molecular weight excluding hydrogens is 180 g/mol. The minimum absolute atomic E-state index is 0.365. The Bertz CT molecular complexity index is 399. The fourth-order valence-corrected chi connectivity index (χ4v) is 1.76. The maximum absolute atomic E-state index is 11.4. The molecule has 1 aromatic heterocycles. The molecular formula is C11H12O3. The minimum Gasteiger partial charge on any atom is -0.463 e. The molecule has 0 atom stereocenters. The van der Waals surface area contributed by atoms with Gasteiger partial charge in [0.15, 0.2) is 0 Å². The normalized spacial score (nSPS) is 13.9. The van der Waals surface area contributed by atoms with E-state index in [-0.39, 0.29) is 5.97 Å². The van der Waals surface area contributed by atoms with Crippen LogP contribution in [0.5, 0.6) is 0 Å². The van der Waals surface area contributed by atoms with Gasteiger partial charge in [0.2, 0.25) is 5.76 Å². The van der Waals surface area contributed by atoms with E-state index in [1.54, 1.807) is 0 Å². The molecule has 0 unspecified atom stereocenters. The van der Waals surface area contributed by atoms with Crippen molar-refractivity contribution in [3.8, 4) is 0 Å². The van der Waals surface area contributed by atoms with Gasteiger partial charge in [-0.3, -0.25) is 0 Å². The highest BCUT2D eigenvalue weighted by atomic mass is 16.5. The lowest BCUT2D eigenvalue weighted by molar-refractivity contribution is 0.0562. The molecule has 74 valence electrons. The molecule has 0 bridgehead atoms. The van der Waals surface area contributed by atoms with Crippen molar-refractivity contribution in [3.63, 3.8) is 0 Å². The van der Waals surface area contributed by atoms with Crippen LogP contribution >= 0.6 is 0 Å². The number of allylic oxidation sites excluding steroid dienone is 1. The number of rotatable bonds is 1. The molecule has 0 N–H and O–H groups in total. The number of furan rings is 1. The highest BCUT2D eigenvalue weighted by molar-refractivity contribution is 5.89. The molecule has 0 radical (unpaired) electrons. The van der Waals surface area contributed by atoms with Crippen molar-refractivity contribution in [2.75, 3.05) is 7.11 Å². The zero-order chi connectivity index (χ0) is 10.1. The van der Waals surface area contributed by atoms with E-state index in [1.165, 1.54) is 7.11 Å². The highest BCUT2D eigenvalue weighted by Gasteiger charge is 2.23. The van der Waals surface area contributed by atoms with Gasteiger partial charge < -0.3 is 9.15 Å². The molecule has 1 aromatic rings. The van der Waals surface area contributed by atoms with E-state index in [0.29, 0.717) is 5.76 Å². The number of methoxy groups -OCH3 is 1. The summed E-state index contributed by atoms with van der Waals surface area (Å²) in [5.74, 6) is 0.769. The molecule has 0 amide bonds. The van der Waals surface area contributed by atoms with E-state index in [0.717, 1.165) is 29.7 Å². The Morgan fingerprint density at radius 2 is 2.36 bits per heavy atom. The van der Waals surface area contributed by atoms with Gasteiger partial charge >= 0.3 is 5.97 Å². The summed E-state index contributed by atoms with van der Waals surface area (Å²) in [4.78, 5) is 11.4. The first-order chi connectivity index (χ1) is 6.74. The van der Waals surface area contributed by atoms with Crippen LogP contribution in [-0.4, -0.2) is 13.1 Å². The number of carbonyl (C=O) groups is 1. The van der Waals surface area contributed by atoms with Crippen LogP contribution in [0.15, 0.2) is 10.5 Å². The third kappa shape index (κ3) is 1.25. The van der Waals surface area contributed by atoms with Gasteiger partial charge in [0.25, 0.3) is 0 Å². The highest BCUT2D eigenvalue weighted by Crippen LogP contribution is 2.28. The summed E-state index contributed by atoms with van der Waals surface area (Å²) < 4.78 is 10.1. The third-order valence-corrected chi connectivity index (χ3v) is 2.45. The topological polar surface area (TPSA) is 39.4 Å². The second kappa shape index (κ2) is 3.33. The standard InChI is InChI=1S/C11H12O3/c1-7-8-5-3-4-6-9(8)10(14-7)11(12)13-2/h3,5H,4,6H2,1-2H3. The number of fused-ring (bicyclic) bond motifs is 1. The van der Waals surface area contributed by atoms with Crippen molar-refractivity contribution in [2.24, 2.45) is 0 Å². The molecule has 1 aliphatic rings. The lowest BCUT2D eigenvalue weighted by atomic mass is 9.98. The maximum atomic E-state index is 11.4. The number of esters is 1. The van der Waals surface area contributed by atoms with E-state index in [2.05, 4.69) is 10.8 Å². The number of ether oxygens (including phenoxy) is 1. The summed E-state index contributed by atoms with van der Waals surface area (Å²) in [6.45, 7) is 1.86. The van der Waals surface area contributed by atoms with Gasteiger partial charge in [-0.2, -0.15) is 0 Å². The SMILES string of the molecule is COC(=O)c1oc(C)c2c1CCC=C2. The summed E-state index contributed by atoms with van der Waals surface area (Å²) >= 11 is 0. The number of hydrogen-bond donors (Lipinski definition) is 0. The fraction of sp³-hybridized carbons (Fsp3) is 0.364. The number of aryl methyl sites for hydroxylation is 1. The van der Waals surface area contributed by atoms with Crippen LogP contribution in [-0.2, 0) is 11.2 Å². The average Bonchev–Trinajstić information content (AvgIpc) is 2.56. The van der Waals surface area contributed by atoms with Crippen molar-refractivity contribution < 1.29 is 13.9 Å². The van der Waals surface area contributed by atoms with Crippen LogP contribution in [0.25, 0.3) is 6.08 Å². The Labute approximate surface area is 82.4 Å². The average molecular weight is 192 g/mol. The van der Waals surface area contributed by atoms with Gasteiger partial charge in [-0.25, -0.2) is 4.79 Å². The zero-order valence-electron chi connectivity index (χ0n) is 8.29. The van der Waals surface area contributed by atoms with Crippen LogP contribution in [0.3, 0.4) is 0 Å². The third-order valence-electron chi connectivity index (χ3n) is 2.45. The molecule has 0 aromatic carbocycles. The first-order valence-corrected chi connectivity index (χ1v) is 4.61. The van der Waals surface area contributed by atoms with Crippen LogP contribution in [0.4, 0.5) is 0 Å². The molecule has 0 saturated heterocycles. The molecule has 1 aliphatic carbocycles. The fourth-order valence-electron chi connectivity index (χ4n) is 1.76. The van der Waals surface area contributed by atoms with E-state index in [1.807, 2.05) is 13.0 Å². The van der Waals surface area contributed by atoms with Crippen molar-refractivity contribution in [1.29, 1.82) is 0 Å². The van der Waals surface area contributed by atoms with Crippen LogP contribution in [0.2, 0.25) is 0 Å². The molecule has 0 aliphatic heterocycles. The Kier molecular flexibility index (Phi) is 2.15. The smallest absolute Gasteiger partial charge is 0.374 e. The van der Waals surface area contributed by atoms with E-state index >= 15 is 0 Å². The van der Waals surface area contributed by atoms with Gasteiger partial charge in [0, 0.05) is 11.1 Å². The Morgan fingerprint density at radius 3 is 3.07 bits per heavy atom. The number of carbonyl (C=O) groups excluding carboxylic acids is 1. The summed E-state index contributed by atoms with van der Waals surface area (Å²) in [6.07, 6.45) is 5.90. The Hall–Kier alpha value is -1.51. The van der Waals surface area contributed by atoms with Crippen molar-refractivity contribution in [1.82, 2.24) is 0 Å². The summed E-state index contributed by atoms with van der Waals surface area (Å²) in [7, 11) is 1.37. The molecule has 1 heterocycles. The first-order valence-electron chi connectivity index (χ1n) is 4.61. The van der Waals surface area contributed by atoms with Gasteiger partial charge in [0.05, 0.1) is 7.11 Å². The summed E-state index contributed by atoms with van der Waals surface area (Å²) in [5.41, 5.74) is 2.02. The van der Waals surface area contributed by atoms with Crippen LogP contribution in [0.1, 0.15) is 33.9 Å². The van der Waals surface area contributed by atoms with Crippen LogP contribution < -0.4 is 0 Å². The maximum Gasteiger partial charge on any atom is 0.374 e. The monoisotopic (exact) mass is 192 g/mol. The summed E-state index contributed by atoms with van der Waals surface area (Å²) in [6, 6.07) is 0. The lowest BCUT2D eigenvalue weighted by Crippen LogP contribution is -2.04. The van der Waals surface area contributed by atoms with Crippen molar-refractivity contribution in [2.45, 2.75) is 19.8 Å². The zero-order valence-corrected chi connectivity index (χ0v) is 8.29. The molecule has 0 spiro atoms. The summed E-state index contributed by atoms with van der Waals surface area (Å²) in [5, 5.41) is 0. The lowest BCUT2D eigenvalue weighted by Gasteiger charge is -2.04. The first kappa shape index (κ1) is 9.06. The van der Waals surface area contributed by atoms with E-state index < -0.39 is 0 Å². The largest absolute Gasteiger partial charge is 0.463 e. The van der Waals surface area contributed by atoms with Gasteiger partial charge in [-0.15, -0.1) is 0 Å². The van der Waals surface area contributed by atoms with E-state index in [9.17, 15) is 4.79 Å². The quantitative estimate of drug-likeness (QED) is 0.641. The van der Waals surface area contributed by atoms with Gasteiger partial charge in [-0.05, 0) is 19.8 Å².